The zero-order chi connectivity index (χ0) is 13.0. The fourth-order valence-corrected chi connectivity index (χ4v) is 1.81. The number of anilines is 1. The SMILES string of the molecule is CCCNc1cc(-c2ccncc2C)nc(C)n1. The predicted molar refractivity (Wildman–Crippen MR) is 73.5 cm³/mol. The van der Waals surface area contributed by atoms with Crippen LogP contribution in [-0.4, -0.2) is 21.5 Å². The molecule has 0 saturated carbocycles. The van der Waals surface area contributed by atoms with E-state index in [4.69, 9.17) is 0 Å². The molecule has 0 radical (unpaired) electrons. The van der Waals surface area contributed by atoms with E-state index >= 15 is 0 Å². The molecule has 2 aromatic rings. The van der Waals surface area contributed by atoms with Crippen molar-refractivity contribution in [1.29, 1.82) is 0 Å². The molecule has 4 heteroatoms. The summed E-state index contributed by atoms with van der Waals surface area (Å²) in [5.74, 6) is 1.66. The molecular formula is C14H18N4. The normalized spacial score (nSPS) is 10.4. The van der Waals surface area contributed by atoms with E-state index < -0.39 is 0 Å². The largest absolute Gasteiger partial charge is 0.370 e. The summed E-state index contributed by atoms with van der Waals surface area (Å²) in [4.78, 5) is 13.0. The fourth-order valence-electron chi connectivity index (χ4n) is 1.81. The van der Waals surface area contributed by atoms with E-state index in [1.807, 2.05) is 32.2 Å². The molecule has 2 rings (SSSR count). The van der Waals surface area contributed by atoms with E-state index in [2.05, 4.69) is 27.2 Å². The third kappa shape index (κ3) is 2.83. The van der Waals surface area contributed by atoms with Crippen molar-refractivity contribution in [3.8, 4) is 11.3 Å². The van der Waals surface area contributed by atoms with Crippen molar-refractivity contribution in [2.45, 2.75) is 27.2 Å². The monoisotopic (exact) mass is 242 g/mol. The number of aromatic nitrogens is 3. The van der Waals surface area contributed by atoms with Crippen LogP contribution >= 0.6 is 0 Å². The Morgan fingerprint density at radius 2 is 2.06 bits per heavy atom. The van der Waals surface area contributed by atoms with Crippen molar-refractivity contribution in [3.63, 3.8) is 0 Å². The average molecular weight is 242 g/mol. The minimum absolute atomic E-state index is 0.780. The Kier molecular flexibility index (Phi) is 3.87. The van der Waals surface area contributed by atoms with Gasteiger partial charge in [0.15, 0.2) is 0 Å². The summed E-state index contributed by atoms with van der Waals surface area (Å²) in [6.45, 7) is 7.01. The van der Waals surface area contributed by atoms with Crippen LogP contribution in [0.25, 0.3) is 11.3 Å². The number of hydrogen-bond acceptors (Lipinski definition) is 4. The summed E-state index contributed by atoms with van der Waals surface area (Å²) in [6, 6.07) is 3.98. The van der Waals surface area contributed by atoms with Gasteiger partial charge < -0.3 is 5.32 Å². The van der Waals surface area contributed by atoms with Gasteiger partial charge in [-0.1, -0.05) is 6.92 Å². The molecule has 0 aliphatic rings. The van der Waals surface area contributed by atoms with Gasteiger partial charge in [0.05, 0.1) is 5.69 Å². The minimum Gasteiger partial charge on any atom is -0.370 e. The summed E-state index contributed by atoms with van der Waals surface area (Å²) in [5, 5.41) is 3.30. The number of hydrogen-bond donors (Lipinski definition) is 1. The maximum Gasteiger partial charge on any atom is 0.130 e. The molecule has 94 valence electrons. The zero-order valence-electron chi connectivity index (χ0n) is 11.1. The van der Waals surface area contributed by atoms with Gasteiger partial charge in [0.25, 0.3) is 0 Å². The maximum absolute atomic E-state index is 4.49. The van der Waals surface area contributed by atoms with Crippen LogP contribution in [-0.2, 0) is 0 Å². The van der Waals surface area contributed by atoms with Crippen LogP contribution in [0.4, 0.5) is 5.82 Å². The van der Waals surface area contributed by atoms with Crippen LogP contribution < -0.4 is 5.32 Å². The van der Waals surface area contributed by atoms with Gasteiger partial charge in [0.2, 0.25) is 0 Å². The predicted octanol–water partition coefficient (Wildman–Crippen LogP) is 2.98. The summed E-state index contributed by atoms with van der Waals surface area (Å²) >= 11 is 0. The van der Waals surface area contributed by atoms with Gasteiger partial charge in [0, 0.05) is 30.6 Å². The Morgan fingerprint density at radius 3 is 2.78 bits per heavy atom. The van der Waals surface area contributed by atoms with E-state index in [9.17, 15) is 0 Å². The van der Waals surface area contributed by atoms with Crippen LogP contribution in [0.2, 0.25) is 0 Å². The molecule has 18 heavy (non-hydrogen) atoms. The van der Waals surface area contributed by atoms with Crippen molar-refractivity contribution < 1.29 is 0 Å². The second-order valence-corrected chi connectivity index (χ2v) is 4.30. The second-order valence-electron chi connectivity index (χ2n) is 4.30. The van der Waals surface area contributed by atoms with Crippen LogP contribution in [0.5, 0.6) is 0 Å². The van der Waals surface area contributed by atoms with Gasteiger partial charge >= 0.3 is 0 Å². The molecule has 0 spiro atoms. The Morgan fingerprint density at radius 1 is 1.22 bits per heavy atom. The maximum atomic E-state index is 4.49. The Labute approximate surface area is 108 Å². The van der Waals surface area contributed by atoms with E-state index in [-0.39, 0.29) is 0 Å². The molecule has 0 amide bonds. The number of pyridine rings is 1. The highest BCUT2D eigenvalue weighted by Crippen LogP contribution is 2.22. The van der Waals surface area contributed by atoms with E-state index in [1.165, 1.54) is 0 Å². The molecule has 0 fully saturated rings. The minimum atomic E-state index is 0.780. The van der Waals surface area contributed by atoms with E-state index in [1.54, 1.807) is 6.20 Å². The molecule has 1 N–H and O–H groups in total. The summed E-state index contributed by atoms with van der Waals surface area (Å²) < 4.78 is 0. The van der Waals surface area contributed by atoms with E-state index in [0.717, 1.165) is 41.4 Å². The molecule has 0 unspecified atom stereocenters. The summed E-state index contributed by atoms with van der Waals surface area (Å²) in [7, 11) is 0. The van der Waals surface area contributed by atoms with Gasteiger partial charge in [0.1, 0.15) is 11.6 Å². The number of nitrogens with one attached hydrogen (secondary N) is 1. The summed E-state index contributed by atoms with van der Waals surface area (Å²) in [5.41, 5.74) is 3.17. The standard InChI is InChI=1S/C14H18N4/c1-4-6-16-14-8-13(17-11(3)18-14)12-5-7-15-9-10(12)2/h5,7-9H,4,6H2,1-3H3,(H,16,17,18). The van der Waals surface area contributed by atoms with Gasteiger partial charge in [-0.3, -0.25) is 4.98 Å². The molecule has 0 aliphatic carbocycles. The van der Waals surface area contributed by atoms with Crippen molar-refractivity contribution in [2.75, 3.05) is 11.9 Å². The first kappa shape index (κ1) is 12.5. The van der Waals surface area contributed by atoms with Crippen molar-refractivity contribution >= 4 is 5.82 Å². The van der Waals surface area contributed by atoms with Crippen LogP contribution in [0.3, 0.4) is 0 Å². The van der Waals surface area contributed by atoms with Crippen molar-refractivity contribution in [2.24, 2.45) is 0 Å². The molecule has 4 nitrogen and oxygen atoms in total. The highest BCUT2D eigenvalue weighted by atomic mass is 15.0. The third-order valence-electron chi connectivity index (χ3n) is 2.69. The lowest BCUT2D eigenvalue weighted by Gasteiger charge is -2.09. The van der Waals surface area contributed by atoms with Crippen LogP contribution in [0.15, 0.2) is 24.5 Å². The fraction of sp³-hybridized carbons (Fsp3) is 0.357. The average Bonchev–Trinajstić information content (AvgIpc) is 2.36. The lowest BCUT2D eigenvalue weighted by Crippen LogP contribution is -2.04. The van der Waals surface area contributed by atoms with Crippen LogP contribution in [0.1, 0.15) is 24.7 Å². The lowest BCUT2D eigenvalue weighted by atomic mass is 10.1. The van der Waals surface area contributed by atoms with Gasteiger partial charge in [-0.15, -0.1) is 0 Å². The van der Waals surface area contributed by atoms with Gasteiger partial charge in [-0.25, -0.2) is 9.97 Å². The molecule has 2 aromatic heterocycles. The molecule has 0 saturated heterocycles. The van der Waals surface area contributed by atoms with Gasteiger partial charge in [-0.2, -0.15) is 0 Å². The zero-order valence-corrected chi connectivity index (χ0v) is 11.1. The first-order chi connectivity index (χ1) is 8.70. The quantitative estimate of drug-likeness (QED) is 0.895. The van der Waals surface area contributed by atoms with E-state index in [0.29, 0.717) is 0 Å². The third-order valence-corrected chi connectivity index (χ3v) is 2.69. The number of aryl methyl sites for hydroxylation is 2. The first-order valence-corrected chi connectivity index (χ1v) is 6.21. The topological polar surface area (TPSA) is 50.7 Å². The highest BCUT2D eigenvalue weighted by molar-refractivity contribution is 5.65. The molecule has 0 aliphatic heterocycles. The van der Waals surface area contributed by atoms with Crippen molar-refractivity contribution in [1.82, 2.24) is 15.0 Å². The smallest absolute Gasteiger partial charge is 0.130 e. The van der Waals surface area contributed by atoms with Crippen molar-refractivity contribution in [3.05, 3.63) is 35.9 Å². The Hall–Kier alpha value is -1.97. The molecular weight excluding hydrogens is 224 g/mol. The lowest BCUT2D eigenvalue weighted by molar-refractivity contribution is 0.955. The second kappa shape index (κ2) is 5.58. The molecule has 0 atom stereocenters. The molecule has 0 aromatic carbocycles. The summed E-state index contributed by atoms with van der Waals surface area (Å²) in [6.07, 6.45) is 4.72. The first-order valence-electron chi connectivity index (χ1n) is 6.21. The Bertz CT molecular complexity index is 537. The molecule has 0 bridgehead atoms. The van der Waals surface area contributed by atoms with Crippen LogP contribution in [0, 0.1) is 13.8 Å². The number of nitrogens with zero attached hydrogens (tertiary/aromatic N) is 3. The number of rotatable bonds is 4. The highest BCUT2D eigenvalue weighted by Gasteiger charge is 2.06. The van der Waals surface area contributed by atoms with Gasteiger partial charge in [-0.05, 0) is 31.9 Å². The Balaban J connectivity index is 2.39. The molecule has 2 heterocycles.